The molecule has 0 rings (SSSR count). The number of hydrogen-bond donors (Lipinski definition) is 0. The molecule has 0 amide bonds. The fraction of sp³-hybridized carbons (Fsp3) is 0.818. The van der Waals surface area contributed by atoms with Gasteiger partial charge in [-0.05, 0) is 46.2 Å². The zero-order chi connectivity index (χ0) is 13.0. The van der Waals surface area contributed by atoms with Crippen LogP contribution in [-0.4, -0.2) is 29.8 Å². The lowest BCUT2D eigenvalue weighted by Crippen LogP contribution is -2.30. The molecule has 0 aromatic heterocycles. The lowest BCUT2D eigenvalue weighted by atomic mass is 10.4. The van der Waals surface area contributed by atoms with Crippen LogP contribution < -0.4 is 0 Å². The third-order valence-corrected chi connectivity index (χ3v) is 3.41. The summed E-state index contributed by atoms with van der Waals surface area (Å²) in [5, 5.41) is 0. The molecule has 96 valence electrons. The van der Waals surface area contributed by atoms with Crippen molar-refractivity contribution in [3.05, 3.63) is 12.0 Å². The van der Waals surface area contributed by atoms with Crippen molar-refractivity contribution in [3.8, 4) is 0 Å². The van der Waals surface area contributed by atoms with Crippen LogP contribution in [-0.2, 0) is 13.6 Å². The molecule has 0 saturated carbocycles. The quantitative estimate of drug-likeness (QED) is 0.541. The van der Waals surface area contributed by atoms with Crippen LogP contribution in [0.5, 0.6) is 0 Å². The maximum absolute atomic E-state index is 5.90. The Balaban J connectivity index is 4.46. The molecule has 1 atom stereocenters. The topological polar surface area (TPSA) is 27.7 Å². The van der Waals surface area contributed by atoms with Crippen molar-refractivity contribution in [1.29, 1.82) is 0 Å². The summed E-state index contributed by atoms with van der Waals surface area (Å²) in [6.07, 6.45) is 1.95. The number of hydrogen-bond acceptors (Lipinski definition) is 3. The average Bonchev–Trinajstić information content (AvgIpc) is 1.96. The molecule has 0 spiro atoms. The SMILES string of the molecule is CO/C(=C/[C@@H](C)O[Si](C)(C)C)O[Si](C)(C)C. The maximum atomic E-state index is 5.90. The van der Waals surface area contributed by atoms with Gasteiger partial charge < -0.3 is 13.6 Å². The average molecular weight is 262 g/mol. The molecule has 0 radical (unpaired) electrons. The smallest absolute Gasteiger partial charge is 0.263 e. The molecule has 0 bridgehead atoms. The predicted octanol–water partition coefficient (Wildman–Crippen LogP) is 3.57. The second-order valence-electron chi connectivity index (χ2n) is 5.84. The number of methoxy groups -OCH3 is 1. The zero-order valence-corrected chi connectivity index (χ0v) is 13.9. The molecule has 3 nitrogen and oxygen atoms in total. The summed E-state index contributed by atoms with van der Waals surface area (Å²) in [5.74, 6) is 0.588. The first-order valence-corrected chi connectivity index (χ1v) is 12.5. The van der Waals surface area contributed by atoms with Crippen molar-refractivity contribution in [1.82, 2.24) is 0 Å². The highest BCUT2D eigenvalue weighted by Crippen LogP contribution is 2.14. The molecule has 0 aromatic rings. The summed E-state index contributed by atoms with van der Waals surface area (Å²) in [6.45, 7) is 14.9. The van der Waals surface area contributed by atoms with Gasteiger partial charge in [-0.25, -0.2) is 0 Å². The molecule has 0 saturated heterocycles. The van der Waals surface area contributed by atoms with Gasteiger partial charge in [0, 0.05) is 6.08 Å². The molecule has 0 aliphatic heterocycles. The van der Waals surface area contributed by atoms with E-state index in [1.54, 1.807) is 7.11 Å². The molecule has 0 unspecified atom stereocenters. The lowest BCUT2D eigenvalue weighted by Gasteiger charge is -2.24. The highest BCUT2D eigenvalue weighted by molar-refractivity contribution is 6.70. The highest BCUT2D eigenvalue weighted by Gasteiger charge is 2.21. The van der Waals surface area contributed by atoms with E-state index in [2.05, 4.69) is 39.3 Å². The van der Waals surface area contributed by atoms with E-state index in [1.165, 1.54) is 0 Å². The van der Waals surface area contributed by atoms with Gasteiger partial charge in [-0.15, -0.1) is 0 Å². The van der Waals surface area contributed by atoms with E-state index in [4.69, 9.17) is 13.6 Å². The lowest BCUT2D eigenvalue weighted by molar-refractivity contribution is 0.137. The molecule has 5 heteroatoms. The van der Waals surface area contributed by atoms with Crippen LogP contribution in [0.4, 0.5) is 0 Å². The largest absolute Gasteiger partial charge is 0.520 e. The summed E-state index contributed by atoms with van der Waals surface area (Å²) < 4.78 is 16.9. The van der Waals surface area contributed by atoms with E-state index < -0.39 is 16.6 Å². The Bertz CT molecular complexity index is 239. The minimum absolute atomic E-state index is 0.0398. The van der Waals surface area contributed by atoms with Gasteiger partial charge in [0.25, 0.3) is 5.95 Å². The Hall–Kier alpha value is -0.266. The van der Waals surface area contributed by atoms with Crippen LogP contribution >= 0.6 is 0 Å². The van der Waals surface area contributed by atoms with E-state index in [0.29, 0.717) is 5.95 Å². The first-order chi connectivity index (χ1) is 7.03. The summed E-state index contributed by atoms with van der Waals surface area (Å²) in [5.41, 5.74) is 0. The Morgan fingerprint density at radius 3 is 1.81 bits per heavy atom. The second kappa shape index (κ2) is 5.88. The van der Waals surface area contributed by atoms with Gasteiger partial charge in [-0.1, -0.05) is 0 Å². The third-order valence-electron chi connectivity index (χ3n) is 1.52. The van der Waals surface area contributed by atoms with Gasteiger partial charge in [-0.3, -0.25) is 0 Å². The molecule has 0 heterocycles. The van der Waals surface area contributed by atoms with Gasteiger partial charge in [0.15, 0.2) is 8.32 Å². The minimum atomic E-state index is -1.60. The molecule has 0 aromatic carbocycles. The molecule has 0 N–H and O–H groups in total. The summed E-state index contributed by atoms with van der Waals surface area (Å²) >= 11 is 0. The summed E-state index contributed by atoms with van der Waals surface area (Å²) in [7, 11) is -1.47. The summed E-state index contributed by atoms with van der Waals surface area (Å²) in [6, 6.07) is 0. The molecule has 0 aliphatic carbocycles. The van der Waals surface area contributed by atoms with Gasteiger partial charge >= 0.3 is 0 Å². The van der Waals surface area contributed by atoms with Crippen LogP contribution in [0.3, 0.4) is 0 Å². The molecule has 0 aliphatic rings. The van der Waals surface area contributed by atoms with Crippen LogP contribution in [0.15, 0.2) is 12.0 Å². The first-order valence-electron chi connectivity index (χ1n) is 5.66. The zero-order valence-electron chi connectivity index (χ0n) is 11.9. The van der Waals surface area contributed by atoms with E-state index in [-0.39, 0.29) is 6.10 Å². The van der Waals surface area contributed by atoms with E-state index in [0.717, 1.165) is 0 Å². The minimum Gasteiger partial charge on any atom is -0.520 e. The fourth-order valence-corrected chi connectivity index (χ4v) is 3.17. The van der Waals surface area contributed by atoms with Gasteiger partial charge in [0.2, 0.25) is 8.32 Å². The Kier molecular flexibility index (Phi) is 5.79. The fourth-order valence-electron chi connectivity index (χ4n) is 1.23. The van der Waals surface area contributed by atoms with Crippen molar-refractivity contribution < 1.29 is 13.6 Å². The monoisotopic (exact) mass is 262 g/mol. The van der Waals surface area contributed by atoms with Gasteiger partial charge in [0.1, 0.15) is 0 Å². The Morgan fingerprint density at radius 1 is 1.00 bits per heavy atom. The van der Waals surface area contributed by atoms with E-state index >= 15 is 0 Å². The molecular weight excluding hydrogens is 236 g/mol. The van der Waals surface area contributed by atoms with Crippen LogP contribution in [0.2, 0.25) is 39.3 Å². The first kappa shape index (κ1) is 15.7. The Labute approximate surface area is 102 Å². The highest BCUT2D eigenvalue weighted by atomic mass is 28.4. The van der Waals surface area contributed by atoms with Crippen LogP contribution in [0.25, 0.3) is 0 Å². The number of ether oxygens (including phenoxy) is 1. The van der Waals surface area contributed by atoms with Crippen LogP contribution in [0, 0.1) is 0 Å². The van der Waals surface area contributed by atoms with Crippen molar-refractivity contribution >= 4 is 16.6 Å². The van der Waals surface area contributed by atoms with Gasteiger partial charge in [0.05, 0.1) is 13.2 Å². The third kappa shape index (κ3) is 9.00. The van der Waals surface area contributed by atoms with Crippen molar-refractivity contribution in [2.45, 2.75) is 52.3 Å². The van der Waals surface area contributed by atoms with Crippen molar-refractivity contribution in [3.63, 3.8) is 0 Å². The molecular formula is C11H26O3Si2. The standard InChI is InChI=1S/C11H26O3Si2/c1-10(13-15(3,4)5)9-11(12-2)14-16(6,7)8/h9-10H,1-8H3/b11-9-/t10-/m1/s1. The Morgan fingerprint density at radius 2 is 1.50 bits per heavy atom. The van der Waals surface area contributed by atoms with E-state index in [1.807, 2.05) is 13.0 Å². The predicted molar refractivity (Wildman–Crippen MR) is 73.4 cm³/mol. The number of rotatable bonds is 6. The maximum Gasteiger partial charge on any atom is 0.263 e. The van der Waals surface area contributed by atoms with Crippen molar-refractivity contribution in [2.75, 3.05) is 7.11 Å². The molecule has 16 heavy (non-hydrogen) atoms. The van der Waals surface area contributed by atoms with E-state index in [9.17, 15) is 0 Å². The van der Waals surface area contributed by atoms with Gasteiger partial charge in [-0.2, -0.15) is 0 Å². The second-order valence-corrected chi connectivity index (χ2v) is 14.7. The van der Waals surface area contributed by atoms with Crippen molar-refractivity contribution in [2.24, 2.45) is 0 Å². The molecule has 0 fully saturated rings. The van der Waals surface area contributed by atoms with Crippen LogP contribution in [0.1, 0.15) is 6.92 Å². The summed E-state index contributed by atoms with van der Waals surface area (Å²) in [4.78, 5) is 0. The normalized spacial score (nSPS) is 15.9.